The number of ketones is 1. The van der Waals surface area contributed by atoms with Crippen LogP contribution < -0.4 is 10.1 Å². The van der Waals surface area contributed by atoms with Crippen molar-refractivity contribution in [2.45, 2.75) is 39.0 Å². The lowest BCUT2D eigenvalue weighted by atomic mass is 9.67. The van der Waals surface area contributed by atoms with Gasteiger partial charge in [-0.2, -0.15) is 0 Å². The maximum Gasteiger partial charge on any atom is 0.336 e. The first kappa shape index (κ1) is 26.7. The third-order valence-electron chi connectivity index (χ3n) is 6.80. The quantitative estimate of drug-likeness (QED) is 0.364. The van der Waals surface area contributed by atoms with Gasteiger partial charge in [-0.3, -0.25) is 9.59 Å². The molecule has 1 aliphatic carbocycles. The van der Waals surface area contributed by atoms with Gasteiger partial charge in [-0.25, -0.2) is 4.79 Å². The Hall–Kier alpha value is -3.39. The summed E-state index contributed by atoms with van der Waals surface area (Å²) in [4.78, 5) is 40.6. The van der Waals surface area contributed by atoms with E-state index in [1.165, 1.54) is 0 Å². The van der Waals surface area contributed by atoms with E-state index in [1.54, 1.807) is 21.0 Å². The Bertz CT molecular complexity index is 1260. The monoisotopic (exact) mass is 567 g/mol. The third-order valence-corrected chi connectivity index (χ3v) is 7.33. The van der Waals surface area contributed by atoms with Crippen LogP contribution in [0.1, 0.15) is 50.2 Å². The average molecular weight is 568 g/mol. The number of esters is 2. The van der Waals surface area contributed by atoms with E-state index in [9.17, 15) is 14.4 Å². The largest absolute Gasteiger partial charge is 0.497 e. The highest BCUT2D eigenvalue weighted by molar-refractivity contribution is 9.10. The smallest absolute Gasteiger partial charge is 0.336 e. The molecule has 3 atom stereocenters. The summed E-state index contributed by atoms with van der Waals surface area (Å²) in [6, 6.07) is 14.9. The minimum atomic E-state index is -1.05. The van der Waals surface area contributed by atoms with Crippen LogP contribution in [-0.4, -0.2) is 38.0 Å². The number of carbonyl (C=O) groups is 3. The Kier molecular flexibility index (Phi) is 8.17. The molecule has 4 rings (SSSR count). The van der Waals surface area contributed by atoms with Crippen molar-refractivity contribution in [1.82, 2.24) is 5.32 Å². The average Bonchev–Trinajstić information content (AvgIpc) is 2.88. The highest BCUT2D eigenvalue weighted by Crippen LogP contribution is 2.48. The predicted octanol–water partition coefficient (Wildman–Crippen LogP) is 5.17. The zero-order chi connectivity index (χ0) is 26.7. The van der Waals surface area contributed by atoms with E-state index >= 15 is 0 Å². The summed E-state index contributed by atoms with van der Waals surface area (Å²) in [6.07, 6.45) is 0.400. The number of nitrogens with one attached hydrogen (secondary N) is 1. The van der Waals surface area contributed by atoms with Crippen LogP contribution >= 0.6 is 15.9 Å². The SMILES string of the molecule is CCOC(=O)C1=C(C)NC2=C(C(=O)[C@H](C(=O)OCC)[C@@H](c3ccc(OC)cc3)C2)[C@H]1c1ccc(Br)cc1. The highest BCUT2D eigenvalue weighted by atomic mass is 79.9. The molecule has 1 heterocycles. The molecule has 2 aromatic carbocycles. The third kappa shape index (κ3) is 5.21. The minimum absolute atomic E-state index is 0.158. The lowest BCUT2D eigenvalue weighted by molar-refractivity contribution is -0.152. The van der Waals surface area contributed by atoms with Crippen molar-refractivity contribution in [3.8, 4) is 5.75 Å². The van der Waals surface area contributed by atoms with Crippen LogP contribution in [0.2, 0.25) is 0 Å². The summed E-state index contributed by atoms with van der Waals surface area (Å²) in [6.45, 7) is 5.63. The number of allylic oxidation sites excluding steroid dienone is 3. The zero-order valence-corrected chi connectivity index (χ0v) is 22.9. The normalized spacial score (nSPS) is 21.2. The Morgan fingerprint density at radius 1 is 0.973 bits per heavy atom. The van der Waals surface area contributed by atoms with Crippen molar-refractivity contribution in [2.24, 2.45) is 5.92 Å². The van der Waals surface area contributed by atoms with Crippen molar-refractivity contribution in [1.29, 1.82) is 0 Å². The molecular formula is C29H30BrNO6. The van der Waals surface area contributed by atoms with Crippen LogP contribution in [-0.2, 0) is 23.9 Å². The van der Waals surface area contributed by atoms with Crippen LogP contribution in [0.25, 0.3) is 0 Å². The van der Waals surface area contributed by atoms with Gasteiger partial charge in [0.2, 0.25) is 0 Å². The van der Waals surface area contributed by atoms with Gasteiger partial charge in [-0.05, 0) is 62.6 Å². The van der Waals surface area contributed by atoms with E-state index in [-0.39, 0.29) is 19.0 Å². The van der Waals surface area contributed by atoms with Gasteiger partial charge >= 0.3 is 11.9 Å². The van der Waals surface area contributed by atoms with E-state index in [2.05, 4.69) is 21.2 Å². The fraction of sp³-hybridized carbons (Fsp3) is 0.345. The fourth-order valence-corrected chi connectivity index (χ4v) is 5.43. The fourth-order valence-electron chi connectivity index (χ4n) is 5.17. The van der Waals surface area contributed by atoms with Crippen molar-refractivity contribution in [2.75, 3.05) is 20.3 Å². The molecule has 0 aromatic heterocycles. The number of rotatable bonds is 7. The van der Waals surface area contributed by atoms with Crippen LogP contribution in [0.3, 0.4) is 0 Å². The number of carbonyl (C=O) groups excluding carboxylic acids is 3. The molecule has 1 N–H and O–H groups in total. The van der Waals surface area contributed by atoms with E-state index in [0.717, 1.165) is 15.6 Å². The van der Waals surface area contributed by atoms with Gasteiger partial charge in [0.05, 0.1) is 25.9 Å². The summed E-state index contributed by atoms with van der Waals surface area (Å²) in [7, 11) is 1.59. The van der Waals surface area contributed by atoms with E-state index in [1.807, 2.05) is 55.5 Å². The van der Waals surface area contributed by atoms with E-state index in [0.29, 0.717) is 34.7 Å². The second-order valence-corrected chi connectivity index (χ2v) is 9.85. The Morgan fingerprint density at radius 3 is 2.19 bits per heavy atom. The molecule has 37 heavy (non-hydrogen) atoms. The molecular weight excluding hydrogens is 538 g/mol. The molecule has 0 amide bonds. The molecule has 0 unspecified atom stereocenters. The van der Waals surface area contributed by atoms with Crippen molar-refractivity contribution in [3.05, 3.63) is 86.7 Å². The second-order valence-electron chi connectivity index (χ2n) is 8.94. The van der Waals surface area contributed by atoms with Gasteiger partial charge in [0.1, 0.15) is 11.7 Å². The van der Waals surface area contributed by atoms with Crippen LogP contribution in [0.4, 0.5) is 0 Å². The summed E-state index contributed by atoms with van der Waals surface area (Å²) in [5.41, 5.74) is 3.68. The van der Waals surface area contributed by atoms with Crippen molar-refractivity contribution >= 4 is 33.7 Å². The Balaban J connectivity index is 1.87. The molecule has 2 aromatic rings. The lowest BCUT2D eigenvalue weighted by Gasteiger charge is -2.39. The molecule has 194 valence electrons. The Morgan fingerprint density at radius 2 is 1.59 bits per heavy atom. The van der Waals surface area contributed by atoms with Gasteiger partial charge in [0.15, 0.2) is 5.78 Å². The molecule has 0 saturated heterocycles. The molecule has 0 fully saturated rings. The number of Topliss-reactive ketones (excluding diaryl/α,β-unsaturated/α-hetero) is 1. The highest BCUT2D eigenvalue weighted by Gasteiger charge is 2.49. The second kappa shape index (κ2) is 11.3. The van der Waals surface area contributed by atoms with Crippen LogP contribution in [0, 0.1) is 5.92 Å². The van der Waals surface area contributed by atoms with Crippen molar-refractivity contribution < 1.29 is 28.6 Å². The standard InChI is InChI=1S/C29H30BrNO6/c1-5-36-28(33)23-16(3)31-22-15-21(17-9-13-20(35-4)14-10-17)25(29(34)37-6-2)27(32)26(22)24(23)18-7-11-19(30)12-8-18/h7-14,21,24-25,31H,5-6,15H2,1-4H3/t21-,24+,25-/m1/s1. The molecule has 8 heteroatoms. The van der Waals surface area contributed by atoms with Crippen LogP contribution in [0.5, 0.6) is 5.75 Å². The van der Waals surface area contributed by atoms with Gasteiger partial charge in [0.25, 0.3) is 0 Å². The molecule has 0 bridgehead atoms. The summed E-state index contributed by atoms with van der Waals surface area (Å²) in [5, 5.41) is 3.31. The number of benzene rings is 2. The first-order valence-corrected chi connectivity index (χ1v) is 13.1. The van der Waals surface area contributed by atoms with Gasteiger partial charge in [-0.15, -0.1) is 0 Å². The number of halogens is 1. The Labute approximate surface area is 225 Å². The summed E-state index contributed by atoms with van der Waals surface area (Å²) >= 11 is 3.46. The van der Waals surface area contributed by atoms with Crippen LogP contribution in [0.15, 0.2) is 75.5 Å². The lowest BCUT2D eigenvalue weighted by Crippen LogP contribution is -2.43. The zero-order valence-electron chi connectivity index (χ0n) is 21.3. The van der Waals surface area contributed by atoms with Gasteiger partial charge in [0, 0.05) is 33.3 Å². The molecule has 7 nitrogen and oxygen atoms in total. The van der Waals surface area contributed by atoms with E-state index in [4.69, 9.17) is 14.2 Å². The topological polar surface area (TPSA) is 90.9 Å². The maximum absolute atomic E-state index is 14.3. The van der Waals surface area contributed by atoms with Gasteiger partial charge in [-0.1, -0.05) is 40.2 Å². The molecule has 0 saturated carbocycles. The number of dihydropyridines is 1. The molecule has 0 radical (unpaired) electrons. The summed E-state index contributed by atoms with van der Waals surface area (Å²) < 4.78 is 16.9. The molecule has 0 spiro atoms. The summed E-state index contributed by atoms with van der Waals surface area (Å²) in [5.74, 6) is -2.90. The molecule has 2 aliphatic rings. The van der Waals surface area contributed by atoms with E-state index < -0.39 is 29.7 Å². The number of ether oxygens (including phenoxy) is 3. The predicted molar refractivity (Wildman–Crippen MR) is 142 cm³/mol. The first-order chi connectivity index (χ1) is 17.8. The number of hydrogen-bond acceptors (Lipinski definition) is 7. The maximum atomic E-state index is 14.3. The number of hydrogen-bond donors (Lipinski definition) is 1. The van der Waals surface area contributed by atoms with Gasteiger partial charge < -0.3 is 19.5 Å². The minimum Gasteiger partial charge on any atom is -0.497 e. The number of methoxy groups -OCH3 is 1. The first-order valence-electron chi connectivity index (χ1n) is 12.3. The van der Waals surface area contributed by atoms with Crippen molar-refractivity contribution in [3.63, 3.8) is 0 Å². The molecule has 1 aliphatic heterocycles.